The van der Waals surface area contributed by atoms with E-state index in [2.05, 4.69) is 10.3 Å². The summed E-state index contributed by atoms with van der Waals surface area (Å²) < 4.78 is 39.8. The Balaban J connectivity index is 1.50. The monoisotopic (exact) mass is 394 g/mol. The second kappa shape index (κ2) is 6.30. The topological polar surface area (TPSA) is 71.2 Å². The first-order valence-corrected chi connectivity index (χ1v) is 9.21. The minimum atomic E-state index is -4.40. The van der Waals surface area contributed by atoms with Crippen molar-refractivity contribution in [1.29, 1.82) is 0 Å². The molecular formula is C19H21F3N4O2. The number of amides is 1. The highest BCUT2D eigenvalue weighted by atomic mass is 19.4. The van der Waals surface area contributed by atoms with Crippen LogP contribution in [-0.4, -0.2) is 32.6 Å². The maximum absolute atomic E-state index is 13.1. The molecule has 1 saturated carbocycles. The minimum Gasteiger partial charge on any atom is -0.384 e. The first-order valence-electron chi connectivity index (χ1n) is 9.21. The highest BCUT2D eigenvalue weighted by Gasteiger charge is 2.52. The van der Waals surface area contributed by atoms with Gasteiger partial charge in [0.25, 0.3) is 0 Å². The Bertz CT molecular complexity index is 883. The lowest BCUT2D eigenvalue weighted by Crippen LogP contribution is -2.43. The van der Waals surface area contributed by atoms with Gasteiger partial charge in [-0.05, 0) is 56.4 Å². The molecule has 1 aliphatic carbocycles. The number of halogens is 3. The van der Waals surface area contributed by atoms with Crippen molar-refractivity contribution in [3.05, 3.63) is 41.7 Å². The maximum Gasteiger partial charge on any atom is 0.416 e. The summed E-state index contributed by atoms with van der Waals surface area (Å²) in [6.07, 6.45) is -0.351. The molecule has 1 aliphatic heterocycles. The fraction of sp³-hybridized carbons (Fsp3) is 0.526. The third kappa shape index (κ3) is 2.97. The van der Waals surface area contributed by atoms with Crippen LogP contribution < -0.4 is 4.90 Å². The number of hydrogen-bond donors (Lipinski definition) is 1. The molecule has 2 aliphatic rings. The lowest BCUT2D eigenvalue weighted by molar-refractivity contribution is -0.137. The van der Waals surface area contributed by atoms with Gasteiger partial charge in [0.1, 0.15) is 5.60 Å². The molecule has 0 radical (unpaired) electrons. The summed E-state index contributed by atoms with van der Waals surface area (Å²) in [5, 5.41) is 18.7. The van der Waals surface area contributed by atoms with Crippen LogP contribution in [0.15, 0.2) is 30.5 Å². The summed E-state index contributed by atoms with van der Waals surface area (Å²) >= 11 is 0. The zero-order chi connectivity index (χ0) is 20.2. The number of hydrogen-bond acceptors (Lipinski definition) is 4. The van der Waals surface area contributed by atoms with E-state index < -0.39 is 22.8 Å². The fourth-order valence-electron chi connectivity index (χ4n) is 4.47. The SMILES string of the molecule is Cn1nncc1C1(O)CCC2(CCN(c3ccc(C(F)(F)F)cc3)C2=O)CC1. The number of anilines is 1. The number of carbonyl (C=O) groups excluding carboxylic acids is 1. The van der Waals surface area contributed by atoms with Crippen molar-refractivity contribution in [1.82, 2.24) is 15.0 Å². The molecule has 1 aromatic carbocycles. The average molecular weight is 394 g/mol. The van der Waals surface area contributed by atoms with Crippen LogP contribution in [0.4, 0.5) is 18.9 Å². The van der Waals surface area contributed by atoms with Crippen LogP contribution in [-0.2, 0) is 23.6 Å². The van der Waals surface area contributed by atoms with Crippen molar-refractivity contribution in [2.75, 3.05) is 11.4 Å². The van der Waals surface area contributed by atoms with E-state index in [0.717, 1.165) is 12.1 Å². The van der Waals surface area contributed by atoms with Gasteiger partial charge >= 0.3 is 6.18 Å². The zero-order valence-corrected chi connectivity index (χ0v) is 15.4. The van der Waals surface area contributed by atoms with E-state index in [9.17, 15) is 23.1 Å². The van der Waals surface area contributed by atoms with Gasteiger partial charge in [0.2, 0.25) is 5.91 Å². The summed E-state index contributed by atoms with van der Waals surface area (Å²) in [7, 11) is 1.72. The van der Waals surface area contributed by atoms with E-state index in [4.69, 9.17) is 0 Å². The molecule has 0 bridgehead atoms. The van der Waals surface area contributed by atoms with Gasteiger partial charge in [-0.15, -0.1) is 5.10 Å². The van der Waals surface area contributed by atoms with Gasteiger partial charge in [-0.1, -0.05) is 5.21 Å². The second-order valence-corrected chi connectivity index (χ2v) is 7.81. The fourth-order valence-corrected chi connectivity index (χ4v) is 4.47. The average Bonchev–Trinajstić information content (AvgIpc) is 3.22. The van der Waals surface area contributed by atoms with Crippen LogP contribution in [0, 0.1) is 5.41 Å². The third-order valence-electron chi connectivity index (χ3n) is 6.24. The Labute approximate surface area is 159 Å². The molecular weight excluding hydrogens is 373 g/mol. The van der Waals surface area contributed by atoms with Crippen molar-refractivity contribution in [2.24, 2.45) is 12.5 Å². The van der Waals surface area contributed by atoms with Gasteiger partial charge in [0.05, 0.1) is 22.9 Å². The molecule has 1 amide bonds. The largest absolute Gasteiger partial charge is 0.416 e. The van der Waals surface area contributed by atoms with Gasteiger partial charge in [-0.25, -0.2) is 4.68 Å². The summed E-state index contributed by atoms with van der Waals surface area (Å²) in [5.74, 6) is -0.0718. The van der Waals surface area contributed by atoms with E-state index in [1.165, 1.54) is 12.1 Å². The normalized spacial score (nSPS) is 28.3. The molecule has 2 aromatic rings. The van der Waals surface area contributed by atoms with Crippen LogP contribution >= 0.6 is 0 Å². The van der Waals surface area contributed by atoms with Crippen molar-refractivity contribution in [2.45, 2.75) is 43.9 Å². The molecule has 6 nitrogen and oxygen atoms in total. The van der Waals surface area contributed by atoms with Crippen molar-refractivity contribution in [3.63, 3.8) is 0 Å². The molecule has 9 heteroatoms. The van der Waals surface area contributed by atoms with Crippen LogP contribution in [0.25, 0.3) is 0 Å². The molecule has 1 spiro atoms. The summed E-state index contributed by atoms with van der Waals surface area (Å²) in [6, 6.07) is 4.70. The van der Waals surface area contributed by atoms with Gasteiger partial charge in [-0.2, -0.15) is 13.2 Å². The third-order valence-corrected chi connectivity index (χ3v) is 6.24. The van der Waals surface area contributed by atoms with Crippen molar-refractivity contribution in [3.8, 4) is 0 Å². The van der Waals surface area contributed by atoms with Crippen molar-refractivity contribution >= 4 is 11.6 Å². The quantitative estimate of drug-likeness (QED) is 0.850. The lowest BCUT2D eigenvalue weighted by atomic mass is 9.67. The summed E-state index contributed by atoms with van der Waals surface area (Å²) in [4.78, 5) is 14.7. The number of alkyl halides is 3. The molecule has 2 fully saturated rings. The van der Waals surface area contributed by atoms with Crippen molar-refractivity contribution < 1.29 is 23.1 Å². The summed E-state index contributed by atoms with van der Waals surface area (Å²) in [5.41, 5.74) is -1.25. The molecule has 2 heterocycles. The van der Waals surface area contributed by atoms with Gasteiger partial charge in [0.15, 0.2) is 0 Å². The molecule has 1 N–H and O–H groups in total. The van der Waals surface area contributed by atoms with Crippen LogP contribution in [0.5, 0.6) is 0 Å². The maximum atomic E-state index is 13.1. The number of aromatic nitrogens is 3. The smallest absolute Gasteiger partial charge is 0.384 e. The molecule has 0 atom stereocenters. The van der Waals surface area contributed by atoms with E-state index in [1.807, 2.05) is 0 Å². The predicted octanol–water partition coefficient (Wildman–Crippen LogP) is 3.02. The van der Waals surface area contributed by atoms with E-state index in [0.29, 0.717) is 50.0 Å². The Morgan fingerprint density at radius 3 is 2.25 bits per heavy atom. The summed E-state index contributed by atoms with van der Waals surface area (Å²) in [6.45, 7) is 0.468. The van der Waals surface area contributed by atoms with E-state index >= 15 is 0 Å². The number of aliphatic hydroxyl groups is 1. The molecule has 1 saturated heterocycles. The number of nitrogens with zero attached hydrogens (tertiary/aromatic N) is 4. The molecule has 28 heavy (non-hydrogen) atoms. The first kappa shape index (κ1) is 18.9. The second-order valence-electron chi connectivity index (χ2n) is 7.81. The Morgan fingerprint density at radius 1 is 1.07 bits per heavy atom. The van der Waals surface area contributed by atoms with Crippen LogP contribution in [0.2, 0.25) is 0 Å². The number of aryl methyl sites for hydroxylation is 1. The minimum absolute atomic E-state index is 0.0718. The highest BCUT2D eigenvalue weighted by molar-refractivity contribution is 6.00. The van der Waals surface area contributed by atoms with E-state index in [-0.39, 0.29) is 5.91 Å². The standard InChI is InChI=1S/C19H21F3N4O2/c1-25-15(12-23-24-25)18(28)8-6-17(7-9-18)10-11-26(16(17)27)14-4-2-13(3-5-14)19(20,21)22/h2-5,12,28H,6-11H2,1H3. The molecule has 4 rings (SSSR count). The predicted molar refractivity (Wildman–Crippen MR) is 94.2 cm³/mol. The zero-order valence-electron chi connectivity index (χ0n) is 15.4. The Kier molecular flexibility index (Phi) is 4.26. The Hall–Kier alpha value is -2.42. The lowest BCUT2D eigenvalue weighted by Gasteiger charge is -2.40. The molecule has 1 aromatic heterocycles. The highest BCUT2D eigenvalue weighted by Crippen LogP contribution is 2.51. The van der Waals surface area contributed by atoms with E-state index in [1.54, 1.807) is 22.8 Å². The van der Waals surface area contributed by atoms with Gasteiger partial charge < -0.3 is 10.0 Å². The number of carbonyl (C=O) groups is 1. The van der Waals surface area contributed by atoms with Crippen LogP contribution in [0.1, 0.15) is 43.4 Å². The number of benzene rings is 1. The Morgan fingerprint density at radius 2 is 1.71 bits per heavy atom. The van der Waals surface area contributed by atoms with Crippen LogP contribution in [0.3, 0.4) is 0 Å². The first-order chi connectivity index (χ1) is 13.1. The molecule has 150 valence electrons. The van der Waals surface area contributed by atoms with Gasteiger partial charge in [0, 0.05) is 19.3 Å². The molecule has 0 unspecified atom stereocenters. The van der Waals surface area contributed by atoms with Gasteiger partial charge in [-0.3, -0.25) is 4.79 Å². The number of rotatable bonds is 2.